The highest BCUT2D eigenvalue weighted by Gasteiger charge is 2.54. The number of unbranched alkanes of at least 4 members (excludes halogenated alkanes) is 26. The Bertz CT molecular complexity index is 2710. The number of aliphatic hydroxyl groups excluding tert-OH is 11. The first-order valence-electron chi connectivity index (χ1n) is 43.9. The number of nitrogens with one attached hydrogen (secondary N) is 1. The fourth-order valence-electron chi connectivity index (χ4n) is 13.5. The van der Waals surface area contributed by atoms with Gasteiger partial charge in [-0.2, -0.15) is 0 Å². The van der Waals surface area contributed by atoms with Crippen LogP contribution in [0.15, 0.2) is 170 Å². The van der Waals surface area contributed by atoms with Crippen molar-refractivity contribution in [3.63, 3.8) is 0 Å². The topological polar surface area (TPSA) is 307 Å². The Morgan fingerprint density at radius 1 is 0.327 bits per heavy atom. The van der Waals surface area contributed by atoms with Crippen molar-refractivity contribution in [3.8, 4) is 0 Å². The summed E-state index contributed by atoms with van der Waals surface area (Å²) in [4.78, 5) is 13.5. The number of ether oxygens (including phenoxy) is 6. The van der Waals surface area contributed by atoms with Crippen molar-refractivity contribution < 1.29 is 89.4 Å². The first-order valence-corrected chi connectivity index (χ1v) is 43.9. The number of amides is 1. The third kappa shape index (κ3) is 49.9. The van der Waals surface area contributed by atoms with Crippen LogP contribution in [0.3, 0.4) is 0 Å². The van der Waals surface area contributed by atoms with Gasteiger partial charge in [0.2, 0.25) is 5.91 Å². The Morgan fingerprint density at radius 2 is 0.619 bits per heavy atom. The van der Waals surface area contributed by atoms with Crippen LogP contribution >= 0.6 is 0 Å². The SMILES string of the molecule is CC/C=C\C/C=C\C/C=C\C/C=C\C/C=C\C/C=C\C/C=C\C/C=C\C/C=C\C/C=C\C/C=C\C/C=C\CCCCCCC(=O)NC(COC1OC(CO)C(OC2OC(CO)C(OC3OC(CO)C(O)C(O)C3O)C(O)C2O)C(O)C1O)C(O)/C=C/CC/C=C/CCCCCCCCCCCCCCCCCCCCCCC. The summed E-state index contributed by atoms with van der Waals surface area (Å²) in [7, 11) is 0. The van der Waals surface area contributed by atoms with Crippen LogP contribution in [0.25, 0.3) is 0 Å². The van der Waals surface area contributed by atoms with Gasteiger partial charge in [-0.25, -0.2) is 0 Å². The van der Waals surface area contributed by atoms with E-state index in [2.05, 4.69) is 177 Å². The number of aliphatic hydroxyl groups is 11. The average molecular weight is 1590 g/mol. The molecule has 0 aromatic heterocycles. The van der Waals surface area contributed by atoms with Crippen molar-refractivity contribution in [2.24, 2.45) is 0 Å². The van der Waals surface area contributed by atoms with Crippen LogP contribution in [0.5, 0.6) is 0 Å². The van der Waals surface area contributed by atoms with E-state index in [-0.39, 0.29) is 18.9 Å². The maximum absolute atomic E-state index is 13.5. The zero-order valence-corrected chi connectivity index (χ0v) is 69.3. The molecule has 3 rings (SSSR count). The molecule has 0 aromatic rings. The summed E-state index contributed by atoms with van der Waals surface area (Å²) >= 11 is 0. The third-order valence-corrected chi connectivity index (χ3v) is 20.5. The maximum Gasteiger partial charge on any atom is 0.220 e. The molecule has 0 saturated carbocycles. The molecule has 0 bridgehead atoms. The molecular weight excluding hydrogens is 1430 g/mol. The molecule has 3 saturated heterocycles. The molecule has 113 heavy (non-hydrogen) atoms. The Balaban J connectivity index is 1.37. The fraction of sp³-hybridized carbons (Fsp3) is 0.691. The Kier molecular flexibility index (Phi) is 64.6. The van der Waals surface area contributed by atoms with Crippen molar-refractivity contribution in [1.29, 1.82) is 0 Å². The van der Waals surface area contributed by atoms with Crippen LogP contribution in [0, 0.1) is 0 Å². The molecule has 19 nitrogen and oxygen atoms in total. The van der Waals surface area contributed by atoms with Gasteiger partial charge in [-0.15, -0.1) is 0 Å². The van der Waals surface area contributed by atoms with Crippen LogP contribution in [-0.4, -0.2) is 193 Å². The van der Waals surface area contributed by atoms with Gasteiger partial charge in [0, 0.05) is 6.42 Å². The average Bonchev–Trinajstić information content (AvgIpc) is 0.777. The van der Waals surface area contributed by atoms with Gasteiger partial charge in [0.15, 0.2) is 18.9 Å². The van der Waals surface area contributed by atoms with E-state index in [1.54, 1.807) is 6.08 Å². The van der Waals surface area contributed by atoms with Gasteiger partial charge in [-0.05, 0) is 122 Å². The summed E-state index contributed by atoms with van der Waals surface area (Å²) in [6.07, 6.45) is 80.6. The first-order chi connectivity index (χ1) is 55.3. The molecule has 644 valence electrons. The van der Waals surface area contributed by atoms with Gasteiger partial charge in [-0.1, -0.05) is 325 Å². The van der Waals surface area contributed by atoms with Crippen LogP contribution in [0.1, 0.15) is 284 Å². The molecule has 19 heteroatoms. The summed E-state index contributed by atoms with van der Waals surface area (Å²) in [5.41, 5.74) is 0. The van der Waals surface area contributed by atoms with E-state index in [4.69, 9.17) is 28.4 Å². The lowest BCUT2D eigenvalue weighted by molar-refractivity contribution is -0.379. The summed E-state index contributed by atoms with van der Waals surface area (Å²) in [6.45, 7) is 1.59. The monoisotopic (exact) mass is 1590 g/mol. The highest BCUT2D eigenvalue weighted by atomic mass is 16.8. The predicted octanol–water partition coefficient (Wildman–Crippen LogP) is 16.5. The van der Waals surface area contributed by atoms with E-state index in [1.165, 1.54) is 128 Å². The van der Waals surface area contributed by atoms with Gasteiger partial charge >= 0.3 is 0 Å². The number of rotatable bonds is 68. The second-order valence-corrected chi connectivity index (χ2v) is 30.3. The Morgan fingerprint density at radius 3 is 0.991 bits per heavy atom. The molecule has 0 aliphatic carbocycles. The summed E-state index contributed by atoms with van der Waals surface area (Å²) < 4.78 is 34.4. The minimum Gasteiger partial charge on any atom is -0.394 e. The molecular formula is C94H155NO18. The summed E-state index contributed by atoms with van der Waals surface area (Å²) in [6, 6.07) is -1.02. The lowest BCUT2D eigenvalue weighted by Crippen LogP contribution is -2.66. The number of carbonyl (C=O) groups excluding carboxylic acids is 1. The van der Waals surface area contributed by atoms with Crippen LogP contribution in [0.4, 0.5) is 0 Å². The van der Waals surface area contributed by atoms with E-state index >= 15 is 0 Å². The molecule has 3 heterocycles. The normalized spacial score (nSPS) is 25.7. The smallest absolute Gasteiger partial charge is 0.220 e. The summed E-state index contributed by atoms with van der Waals surface area (Å²) in [5, 5.41) is 121. The second kappa shape index (κ2) is 71.3. The highest BCUT2D eigenvalue weighted by Crippen LogP contribution is 2.33. The molecule has 3 aliphatic rings. The highest BCUT2D eigenvalue weighted by molar-refractivity contribution is 5.76. The number of carbonyl (C=O) groups is 1. The van der Waals surface area contributed by atoms with Crippen LogP contribution in [-0.2, 0) is 33.2 Å². The Hall–Kier alpha value is -4.85. The molecule has 3 fully saturated rings. The van der Waals surface area contributed by atoms with Gasteiger partial charge in [0.25, 0.3) is 0 Å². The van der Waals surface area contributed by atoms with E-state index in [0.29, 0.717) is 12.8 Å². The molecule has 0 spiro atoms. The van der Waals surface area contributed by atoms with Gasteiger partial charge in [0.1, 0.15) is 73.2 Å². The van der Waals surface area contributed by atoms with Crippen LogP contribution in [0.2, 0.25) is 0 Å². The molecule has 17 atom stereocenters. The molecule has 3 aliphatic heterocycles. The van der Waals surface area contributed by atoms with Crippen LogP contribution < -0.4 is 5.32 Å². The van der Waals surface area contributed by atoms with Gasteiger partial charge in [-0.3, -0.25) is 4.79 Å². The maximum atomic E-state index is 13.5. The minimum absolute atomic E-state index is 0.195. The van der Waals surface area contributed by atoms with E-state index in [0.717, 1.165) is 122 Å². The predicted molar refractivity (Wildman–Crippen MR) is 456 cm³/mol. The molecule has 17 unspecified atom stereocenters. The quantitative estimate of drug-likeness (QED) is 0.0199. The fourth-order valence-corrected chi connectivity index (χ4v) is 13.5. The lowest BCUT2D eigenvalue weighted by Gasteiger charge is -2.48. The second-order valence-electron chi connectivity index (χ2n) is 30.3. The van der Waals surface area contributed by atoms with Crippen molar-refractivity contribution in [1.82, 2.24) is 5.32 Å². The Labute approximate surface area is 681 Å². The van der Waals surface area contributed by atoms with Crippen molar-refractivity contribution >= 4 is 5.91 Å². The minimum atomic E-state index is -1.99. The molecule has 12 N–H and O–H groups in total. The van der Waals surface area contributed by atoms with E-state index < -0.39 is 124 Å². The van der Waals surface area contributed by atoms with Gasteiger partial charge in [0.05, 0.1) is 38.6 Å². The number of hydrogen-bond acceptors (Lipinski definition) is 18. The zero-order valence-electron chi connectivity index (χ0n) is 69.3. The van der Waals surface area contributed by atoms with E-state index in [1.807, 2.05) is 6.08 Å². The largest absolute Gasteiger partial charge is 0.394 e. The zero-order chi connectivity index (χ0) is 81.7. The standard InChI is InChI=1S/C94H155NO18/c1-3-5-7-9-11-13-15-17-19-21-23-25-27-29-31-32-33-34-35-36-37-38-39-40-41-42-43-44-46-48-50-52-54-56-58-60-62-64-66-68-70-72-82(100)95-77(78(99)71-69-67-65-63-61-59-57-55-53-51-49-47-45-30-28-26-24-22-20-18-16-14-12-10-8-6-4-2)76-108-92-88(106)85(103)90(80(74-97)110-92)113-94-89(107)86(104)91(81(75-98)111-94)112-93-87(105)84(102)83(101)79(73-96)109-93/h5,7,11,13,17,19,23,25,29,31,33-34,36-37,39-40,42-43,46,48,52,54,58,60-61,63,69,71,77-81,83-94,96-99,101-107H,3-4,6,8-10,12,14-16,18,20-22,24,26-28,30,32,35,38,41,44-45,47,49-51,53,55-57,59,62,64-68,70,72-76H2,1-2H3,(H,95,100)/b7-5-,13-11-,19-17-,25-23-,31-29-,34-33-,37-36-,40-39-,43-42-,48-46-,54-52-,60-58-,63-61+,71-69+. The molecule has 0 aromatic carbocycles. The number of hydrogen-bond donors (Lipinski definition) is 12. The van der Waals surface area contributed by atoms with Crippen molar-refractivity contribution in [3.05, 3.63) is 170 Å². The lowest BCUT2D eigenvalue weighted by atomic mass is 9.96. The third-order valence-electron chi connectivity index (χ3n) is 20.5. The summed E-state index contributed by atoms with van der Waals surface area (Å²) in [5.74, 6) is -0.314. The van der Waals surface area contributed by atoms with E-state index in [9.17, 15) is 61.0 Å². The number of allylic oxidation sites excluding steroid dienone is 27. The van der Waals surface area contributed by atoms with Crippen molar-refractivity contribution in [2.75, 3.05) is 26.4 Å². The first kappa shape index (κ1) is 102. The molecule has 1 amide bonds. The van der Waals surface area contributed by atoms with Gasteiger partial charge < -0.3 is 89.9 Å². The molecule has 0 radical (unpaired) electrons. The van der Waals surface area contributed by atoms with Crippen molar-refractivity contribution in [2.45, 2.75) is 388 Å².